The van der Waals surface area contributed by atoms with Crippen LogP contribution in [0.2, 0.25) is 0 Å². The average Bonchev–Trinajstić information content (AvgIpc) is 2.45. The number of carbonyl (C=O) groups is 2. The third-order valence-electron chi connectivity index (χ3n) is 2.98. The van der Waals surface area contributed by atoms with E-state index in [0.29, 0.717) is 12.0 Å². The van der Waals surface area contributed by atoms with Crippen LogP contribution < -0.4 is 10.6 Å². The summed E-state index contributed by atoms with van der Waals surface area (Å²) in [5.41, 5.74) is 0.303. The van der Waals surface area contributed by atoms with Gasteiger partial charge in [0.05, 0.1) is 17.4 Å². The maximum atomic E-state index is 11.6. The minimum atomic E-state index is -0.975. The number of carboxylic acid groups (broad SMARTS) is 1. The van der Waals surface area contributed by atoms with Crippen molar-refractivity contribution in [3.05, 3.63) is 39.9 Å². The molecule has 8 nitrogen and oxygen atoms in total. The molecular formula is C13H17N3O5. The van der Waals surface area contributed by atoms with Gasteiger partial charge >= 0.3 is 12.0 Å². The first kappa shape index (κ1) is 16.4. The Hall–Kier alpha value is -2.64. The molecule has 1 atom stereocenters. The van der Waals surface area contributed by atoms with Gasteiger partial charge in [0.15, 0.2) is 0 Å². The van der Waals surface area contributed by atoms with E-state index in [1.807, 2.05) is 0 Å². The molecule has 2 amide bonds. The van der Waals surface area contributed by atoms with Gasteiger partial charge < -0.3 is 15.7 Å². The standard InChI is InChI=1S/C13H17N3O5/c1-2-9(12(17)18)7-14-13(19)15-8-10-5-3-4-6-11(10)16(20)21/h3-6,9H,2,7-8H2,1H3,(H,17,18)(H2,14,15,19). The first-order valence-corrected chi connectivity index (χ1v) is 6.42. The number of carboxylic acids is 1. The molecule has 1 unspecified atom stereocenters. The fourth-order valence-corrected chi connectivity index (χ4v) is 1.70. The van der Waals surface area contributed by atoms with Gasteiger partial charge in [-0.1, -0.05) is 25.1 Å². The third-order valence-corrected chi connectivity index (χ3v) is 2.98. The summed E-state index contributed by atoms with van der Waals surface area (Å²) in [6.45, 7) is 1.72. The van der Waals surface area contributed by atoms with Crippen molar-refractivity contribution in [1.29, 1.82) is 0 Å². The zero-order chi connectivity index (χ0) is 15.8. The Bertz CT molecular complexity index is 532. The van der Waals surface area contributed by atoms with Crippen LogP contribution >= 0.6 is 0 Å². The Morgan fingerprint density at radius 3 is 2.57 bits per heavy atom. The van der Waals surface area contributed by atoms with E-state index in [4.69, 9.17) is 5.11 Å². The molecule has 0 heterocycles. The number of hydrogen-bond donors (Lipinski definition) is 3. The molecule has 0 aromatic heterocycles. The molecule has 0 fully saturated rings. The number of para-hydroxylation sites is 1. The molecule has 0 radical (unpaired) electrons. The lowest BCUT2D eigenvalue weighted by Gasteiger charge is -2.12. The first-order chi connectivity index (χ1) is 9.95. The normalized spacial score (nSPS) is 11.5. The Morgan fingerprint density at radius 1 is 1.33 bits per heavy atom. The highest BCUT2D eigenvalue weighted by Gasteiger charge is 2.16. The number of urea groups is 1. The molecule has 1 rings (SSSR count). The van der Waals surface area contributed by atoms with Gasteiger partial charge in [0.2, 0.25) is 0 Å². The second kappa shape index (κ2) is 7.83. The van der Waals surface area contributed by atoms with E-state index in [1.165, 1.54) is 6.07 Å². The van der Waals surface area contributed by atoms with Crippen LogP contribution in [0.5, 0.6) is 0 Å². The Kier molecular flexibility index (Phi) is 6.12. The van der Waals surface area contributed by atoms with Crippen LogP contribution in [0.4, 0.5) is 10.5 Å². The number of nitro groups is 1. The molecule has 0 aliphatic carbocycles. The molecule has 0 aliphatic heterocycles. The van der Waals surface area contributed by atoms with Crippen LogP contribution in [-0.2, 0) is 11.3 Å². The summed E-state index contributed by atoms with van der Waals surface area (Å²) in [5.74, 6) is -1.63. The van der Waals surface area contributed by atoms with Crippen molar-refractivity contribution in [3.63, 3.8) is 0 Å². The number of carbonyl (C=O) groups excluding carboxylic acids is 1. The van der Waals surface area contributed by atoms with Crippen LogP contribution in [0.1, 0.15) is 18.9 Å². The number of nitrogens with one attached hydrogen (secondary N) is 2. The summed E-state index contributed by atoms with van der Waals surface area (Å²) in [4.78, 5) is 32.6. The summed E-state index contributed by atoms with van der Waals surface area (Å²) in [6, 6.07) is 5.52. The number of nitro benzene ring substituents is 1. The Balaban J connectivity index is 2.50. The molecule has 0 saturated carbocycles. The van der Waals surface area contributed by atoms with E-state index in [2.05, 4.69) is 10.6 Å². The number of nitrogens with zero attached hydrogens (tertiary/aromatic N) is 1. The molecule has 0 bridgehead atoms. The lowest BCUT2D eigenvalue weighted by Crippen LogP contribution is -2.39. The highest BCUT2D eigenvalue weighted by Crippen LogP contribution is 2.16. The number of amides is 2. The van der Waals surface area contributed by atoms with E-state index in [1.54, 1.807) is 25.1 Å². The molecule has 1 aromatic carbocycles. The van der Waals surface area contributed by atoms with E-state index < -0.39 is 22.8 Å². The van der Waals surface area contributed by atoms with E-state index in [9.17, 15) is 19.7 Å². The molecule has 114 valence electrons. The minimum absolute atomic E-state index is 0.00709. The van der Waals surface area contributed by atoms with Crippen molar-refractivity contribution < 1.29 is 19.6 Å². The lowest BCUT2D eigenvalue weighted by molar-refractivity contribution is -0.385. The van der Waals surface area contributed by atoms with Crippen molar-refractivity contribution in [2.24, 2.45) is 5.92 Å². The zero-order valence-electron chi connectivity index (χ0n) is 11.5. The molecule has 8 heteroatoms. The van der Waals surface area contributed by atoms with Gasteiger partial charge in [-0.15, -0.1) is 0 Å². The van der Waals surface area contributed by atoms with Gasteiger partial charge in [-0.3, -0.25) is 14.9 Å². The Labute approximate surface area is 121 Å². The van der Waals surface area contributed by atoms with Gasteiger partial charge in [-0.05, 0) is 6.42 Å². The quantitative estimate of drug-likeness (QED) is 0.520. The fraction of sp³-hybridized carbons (Fsp3) is 0.385. The number of aliphatic carboxylic acids is 1. The third kappa shape index (κ3) is 5.09. The van der Waals surface area contributed by atoms with Crippen molar-refractivity contribution in [1.82, 2.24) is 10.6 Å². The molecule has 0 spiro atoms. The van der Waals surface area contributed by atoms with Crippen molar-refractivity contribution in [3.8, 4) is 0 Å². The maximum Gasteiger partial charge on any atom is 0.315 e. The van der Waals surface area contributed by atoms with Crippen LogP contribution in [0, 0.1) is 16.0 Å². The summed E-state index contributed by atoms with van der Waals surface area (Å²) < 4.78 is 0. The first-order valence-electron chi connectivity index (χ1n) is 6.42. The van der Waals surface area contributed by atoms with E-state index in [0.717, 1.165) is 0 Å². The SMILES string of the molecule is CCC(CNC(=O)NCc1ccccc1[N+](=O)[O-])C(=O)O. The molecule has 0 aliphatic rings. The van der Waals surface area contributed by atoms with Crippen LogP contribution in [-0.4, -0.2) is 28.6 Å². The highest BCUT2D eigenvalue weighted by atomic mass is 16.6. The topological polar surface area (TPSA) is 122 Å². The molecule has 21 heavy (non-hydrogen) atoms. The summed E-state index contributed by atoms with van der Waals surface area (Å²) >= 11 is 0. The van der Waals surface area contributed by atoms with E-state index in [-0.39, 0.29) is 18.8 Å². The zero-order valence-corrected chi connectivity index (χ0v) is 11.5. The largest absolute Gasteiger partial charge is 0.481 e. The van der Waals surface area contributed by atoms with Crippen molar-refractivity contribution >= 4 is 17.7 Å². The van der Waals surface area contributed by atoms with Gasteiger partial charge in [-0.25, -0.2) is 4.79 Å². The van der Waals surface area contributed by atoms with Crippen LogP contribution in [0.3, 0.4) is 0 Å². The number of benzene rings is 1. The van der Waals surface area contributed by atoms with Crippen LogP contribution in [0.15, 0.2) is 24.3 Å². The van der Waals surface area contributed by atoms with Crippen molar-refractivity contribution in [2.45, 2.75) is 19.9 Å². The molecular weight excluding hydrogens is 278 g/mol. The second-order valence-corrected chi connectivity index (χ2v) is 4.39. The predicted molar refractivity (Wildman–Crippen MR) is 74.8 cm³/mol. The van der Waals surface area contributed by atoms with Crippen LogP contribution in [0.25, 0.3) is 0 Å². The van der Waals surface area contributed by atoms with Gasteiger partial charge in [0, 0.05) is 18.2 Å². The predicted octanol–water partition coefficient (Wildman–Crippen LogP) is 1.50. The summed E-state index contributed by atoms with van der Waals surface area (Å²) in [5, 5.41) is 24.6. The fourth-order valence-electron chi connectivity index (χ4n) is 1.70. The smallest absolute Gasteiger partial charge is 0.315 e. The van der Waals surface area contributed by atoms with Gasteiger partial charge in [0.25, 0.3) is 5.69 Å². The minimum Gasteiger partial charge on any atom is -0.481 e. The molecule has 3 N–H and O–H groups in total. The van der Waals surface area contributed by atoms with Gasteiger partial charge in [0.1, 0.15) is 0 Å². The molecule has 1 aromatic rings. The average molecular weight is 295 g/mol. The maximum absolute atomic E-state index is 11.6. The summed E-state index contributed by atoms with van der Waals surface area (Å²) in [6.07, 6.45) is 0.403. The Morgan fingerprint density at radius 2 is 2.00 bits per heavy atom. The van der Waals surface area contributed by atoms with Gasteiger partial charge in [-0.2, -0.15) is 0 Å². The number of hydrogen-bond acceptors (Lipinski definition) is 4. The molecule has 0 saturated heterocycles. The lowest BCUT2D eigenvalue weighted by atomic mass is 10.1. The monoisotopic (exact) mass is 295 g/mol. The van der Waals surface area contributed by atoms with Crippen molar-refractivity contribution in [2.75, 3.05) is 6.54 Å². The number of rotatable bonds is 7. The highest BCUT2D eigenvalue weighted by molar-refractivity contribution is 5.75. The second-order valence-electron chi connectivity index (χ2n) is 4.39. The van der Waals surface area contributed by atoms with E-state index >= 15 is 0 Å². The summed E-state index contributed by atoms with van der Waals surface area (Å²) in [7, 11) is 0.